The minimum atomic E-state index is -3.92. The van der Waals surface area contributed by atoms with Crippen LogP contribution in [-0.2, 0) is 63.6 Å². The van der Waals surface area contributed by atoms with Crippen molar-refractivity contribution in [2.75, 3.05) is 109 Å². The van der Waals surface area contributed by atoms with Gasteiger partial charge in [-0.15, -0.1) is 0 Å². The second-order valence-corrected chi connectivity index (χ2v) is 31.7. The molecule has 0 saturated carbocycles. The molecule has 24 nitrogen and oxygen atoms in total. The third-order valence-corrected chi connectivity index (χ3v) is 19.1. The summed E-state index contributed by atoms with van der Waals surface area (Å²) in [5.41, 5.74) is 17.3. The number of hydrogen-bond donors (Lipinski definition) is 4. The van der Waals surface area contributed by atoms with Crippen molar-refractivity contribution < 1.29 is 147 Å². The monoisotopic (exact) mass is 1730 g/mol. The number of nitrogens with zero attached hydrogens (tertiary/aromatic N) is 4. The van der Waals surface area contributed by atoms with Gasteiger partial charge < -0.3 is 79.8 Å². The van der Waals surface area contributed by atoms with Crippen LogP contribution in [0, 0.1) is 70.9 Å². The van der Waals surface area contributed by atoms with Gasteiger partial charge in [0.25, 0.3) is 0 Å². The summed E-state index contributed by atoms with van der Waals surface area (Å²) in [6.45, 7) is -3.48. The Hall–Kier alpha value is -7.16. The molecule has 4 fully saturated rings. The Bertz CT molecular complexity index is 6670. The molecule has 8 N–H and O–H groups in total. The molecule has 24 heteroatoms. The van der Waals surface area contributed by atoms with E-state index in [9.17, 15) is 46.6 Å². The highest BCUT2D eigenvalue weighted by Gasteiger charge is 2.47. The van der Waals surface area contributed by atoms with Gasteiger partial charge in [-0.05, 0) is 191 Å². The Labute approximate surface area is 791 Å². The Morgan fingerprint density at radius 2 is 0.650 bits per heavy atom. The summed E-state index contributed by atoms with van der Waals surface area (Å²) < 4.78 is 526. The molecule has 0 aliphatic carbocycles. The first-order chi connectivity index (χ1) is 76.8. The number of piperidine rings is 4. The van der Waals surface area contributed by atoms with E-state index in [0.717, 1.165) is 52.7 Å². The van der Waals surface area contributed by atoms with Crippen LogP contribution in [0.3, 0.4) is 0 Å². The third kappa shape index (κ3) is 23.8. The number of methoxy groups -OCH3 is 8. The second-order valence-electron chi connectivity index (χ2n) is 31.7. The number of ether oxygens (including phenoxy) is 12. The Morgan fingerprint density at radius 1 is 0.367 bits per heavy atom. The van der Waals surface area contributed by atoms with E-state index >= 15 is 0 Å². The fourth-order valence-corrected chi connectivity index (χ4v) is 12.3. The second kappa shape index (κ2) is 43.9. The Morgan fingerprint density at radius 3 is 1.01 bits per heavy atom. The topological polar surface area (TPSA) is 296 Å². The van der Waals surface area contributed by atoms with E-state index in [0.29, 0.717) is 4.90 Å². The van der Waals surface area contributed by atoms with Gasteiger partial charge in [-0.25, -0.2) is 0 Å². The van der Waals surface area contributed by atoms with Crippen molar-refractivity contribution >= 4 is 23.9 Å². The van der Waals surface area contributed by atoms with Gasteiger partial charge in [0.05, 0.1) is 78.7 Å². The highest BCUT2D eigenvalue weighted by molar-refractivity contribution is 5.77. The minimum absolute atomic E-state index is 0.0413. The third-order valence-electron chi connectivity index (χ3n) is 19.1. The lowest BCUT2D eigenvalue weighted by atomic mass is 9.79. The Kier molecular flexibility index (Phi) is 17.3. The summed E-state index contributed by atoms with van der Waals surface area (Å²) >= 11 is 0. The van der Waals surface area contributed by atoms with E-state index in [1.165, 1.54) is 69.6 Å². The lowest BCUT2D eigenvalue weighted by molar-refractivity contribution is -0.161. The first-order valence-electron chi connectivity index (χ1n) is 65.3. The molecule has 0 spiro atoms. The number of carbonyl (C=O) groups is 4. The molecule has 8 aliphatic rings. The summed E-state index contributed by atoms with van der Waals surface area (Å²) in [7, 11) is 0.324. The zero-order valence-electron chi connectivity index (χ0n) is 124. The van der Waals surface area contributed by atoms with Crippen LogP contribution in [-0.4, -0.2) is 201 Å². The maximum Gasteiger partial charge on any atom is 0.323 e. The smallest absolute Gasteiger partial charge is 0.323 e. The molecule has 8 aliphatic heterocycles. The van der Waals surface area contributed by atoms with Crippen LogP contribution in [0.5, 0.6) is 46.0 Å². The van der Waals surface area contributed by atoms with E-state index in [2.05, 4.69) is 0 Å². The lowest BCUT2D eigenvalue weighted by Gasteiger charge is -2.47. The standard InChI is InChI=1S/4C24H38N2O4/c4*1-14(2)9-17-13-26-8-7-16-10-21(28-5)22(29-6)11-18(16)19(26)12-20(17)30-24(27)23(25)15(3)4/h4*10-11,14-15,17,19-20,23H,7-9,12-13,25H2,1-6H3/t4*17?,19?,20?,23-/m0000/s1/i5D3,7D2,8D2,10D,11D,12D2,13D2,17D,19D,20D;5D3,7D2,8D2,12D2,13D2,17D,19D,20D;7D2,8D2,12D2,13D2,17D,19D,20D;7D2,8D2,10D,11D,12D2,13D2,17D. The SMILES string of the molecule is [2H]C([2H])([2H])Oc1cc2c(cc1OC)C1([2H])N(C([2H])([2H])C2([2H])[2H])C([2H])([2H])C([2H])(CC(C)C)C([2H])(OC(=O)[C@@H](N)C(C)C)C1([2H])[2H].[2H]C1([2H])c2cc(OC)c(OC)cc2C2([2H])N(C1([2H])[2H])C([2H])([2H])C([2H])(CC(C)C)C([2H])(OC(=O)[C@@H](N)C(C)C)C2([2H])[2H].[2H]c1c(OC([2H])([2H])[2H])c(OC)c([2H])c2c1C([2H])([2H])C([2H])([2H])N1C([2H])([2H])C([2H])(CC(C)C)C([2H])(OC(=O)[C@@H](N)C(C)C)C([2H])([2H])C21[2H].[2H]c1c(OC)c(OC)c([2H])c2c1C1N(C([2H])([2H])C2([2H])[2H])C([2H])([2H])C([2H])(CC(C)C)C(OC(=O)[C@@H](N)C(C)C)C1([2H])[2H]. The predicted molar refractivity (Wildman–Crippen MR) is 471 cm³/mol. The van der Waals surface area contributed by atoms with Crippen LogP contribution in [0.25, 0.3) is 0 Å². The molecular weight excluding hydrogens is 1520 g/mol. The lowest BCUT2D eigenvalue weighted by Crippen LogP contribution is -2.51. The highest BCUT2D eigenvalue weighted by atomic mass is 16.6. The van der Waals surface area contributed by atoms with E-state index in [1.807, 2.05) is 0 Å². The normalized spacial score (nSPS) is 44.3. The molecule has 120 heavy (non-hydrogen) atoms. The van der Waals surface area contributed by atoms with Crippen LogP contribution in [0.1, 0.15) is 302 Å². The van der Waals surface area contributed by atoms with Gasteiger partial charge in [0.2, 0.25) is 0 Å². The van der Waals surface area contributed by atoms with Gasteiger partial charge in [-0.2, -0.15) is 0 Å². The number of nitrogens with two attached hydrogens (primary N) is 4. The van der Waals surface area contributed by atoms with Crippen molar-refractivity contribution in [3.63, 3.8) is 0 Å². The molecule has 16 atom stereocenters. The van der Waals surface area contributed by atoms with Gasteiger partial charge in [-0.1, -0.05) is 111 Å². The van der Waals surface area contributed by atoms with Gasteiger partial charge >= 0.3 is 23.9 Å². The highest BCUT2D eigenvalue weighted by Crippen LogP contribution is 2.50. The average Bonchev–Trinajstić information content (AvgIpc) is 0.638. The van der Waals surface area contributed by atoms with Crippen LogP contribution >= 0.6 is 0 Å². The van der Waals surface area contributed by atoms with Crippen molar-refractivity contribution in [3.8, 4) is 46.0 Å². The van der Waals surface area contributed by atoms with Crippen LogP contribution in [0.15, 0.2) is 48.4 Å². The van der Waals surface area contributed by atoms with Crippen LogP contribution < -0.4 is 60.8 Å². The quantitative estimate of drug-likeness (QED) is 0.0303. The van der Waals surface area contributed by atoms with Crippen LogP contribution in [0.2, 0.25) is 0 Å². The van der Waals surface area contributed by atoms with E-state index < -0.39 is 402 Å². The maximum atomic E-state index is 13.3. The molecule has 0 bridgehead atoms. The number of rotatable bonds is 28. The molecular formula is C96H152N8O16. The summed E-state index contributed by atoms with van der Waals surface area (Å²) in [4.78, 5) is 52.8. The van der Waals surface area contributed by atoms with Gasteiger partial charge in [0.1, 0.15) is 48.5 Å². The molecule has 4 aromatic rings. The summed E-state index contributed by atoms with van der Waals surface area (Å²) in [5.74, 6) is -26.1. The first-order valence-corrected chi connectivity index (χ1v) is 39.3. The molecule has 0 amide bonds. The first kappa shape index (κ1) is 47.2. The van der Waals surface area contributed by atoms with E-state index in [-0.39, 0.29) is 37.7 Å². The molecule has 0 aromatic heterocycles. The van der Waals surface area contributed by atoms with Gasteiger partial charge in [-0.3, -0.25) is 38.8 Å². The summed E-state index contributed by atoms with van der Waals surface area (Å²) in [5, 5.41) is 0. The number of carbonyl (C=O) groups excluding carboxylic acids is 4. The number of aryl methyl sites for hydroxylation is 2. The number of esters is 4. The predicted octanol–water partition coefficient (Wildman–Crippen LogP) is 14.3. The number of fused-ring (bicyclic) bond motifs is 12. The number of hydrogen-bond acceptors (Lipinski definition) is 24. The van der Waals surface area contributed by atoms with Crippen molar-refractivity contribution in [2.24, 2.45) is 93.9 Å². The van der Waals surface area contributed by atoms with Crippen molar-refractivity contribution in [1.29, 1.82) is 0 Å². The molecule has 4 aromatic carbocycles. The maximum absolute atomic E-state index is 13.3. The summed E-state index contributed by atoms with van der Waals surface area (Å²) in [6.07, 6.45) is -42.9. The van der Waals surface area contributed by atoms with Crippen LogP contribution in [0.4, 0.5) is 0 Å². The molecule has 8 heterocycles. The van der Waals surface area contributed by atoms with Crippen molar-refractivity contribution in [3.05, 3.63) is 92.9 Å². The van der Waals surface area contributed by atoms with Gasteiger partial charge in [0.15, 0.2) is 46.0 Å². The minimum Gasteiger partial charge on any atom is -0.493 e. The molecule has 0 radical (unpaired) electrons. The van der Waals surface area contributed by atoms with E-state index in [1.54, 1.807) is 55.4 Å². The molecule has 12 unspecified atom stereocenters. The summed E-state index contributed by atoms with van der Waals surface area (Å²) in [6, 6.07) is -18.5. The van der Waals surface area contributed by atoms with Crippen molar-refractivity contribution in [1.82, 2.24) is 19.6 Å². The molecule has 4 saturated heterocycles. The van der Waals surface area contributed by atoms with Gasteiger partial charge in [0, 0.05) is 174 Å². The average molecular weight is 1730 g/mol. The molecule has 672 valence electrons. The Balaban J connectivity index is 0.000000251. The fourth-order valence-electron chi connectivity index (χ4n) is 12.3. The van der Waals surface area contributed by atoms with E-state index in [4.69, 9.17) is 124 Å². The zero-order chi connectivity index (χ0) is 134. The number of benzene rings is 4. The largest absolute Gasteiger partial charge is 0.493 e. The zero-order valence-corrected chi connectivity index (χ0v) is 71.9. The van der Waals surface area contributed by atoms with Crippen molar-refractivity contribution in [2.45, 2.75) is 260 Å². The molecule has 12 rings (SSSR count). The fraction of sp³-hybridized carbons (Fsp3) is 0.708.